The second-order valence-corrected chi connectivity index (χ2v) is 6.80. The summed E-state index contributed by atoms with van der Waals surface area (Å²) in [6, 6.07) is 19.4. The fourth-order valence-corrected chi connectivity index (χ4v) is 3.65. The van der Waals surface area contributed by atoms with Crippen LogP contribution in [-0.2, 0) is 0 Å². The van der Waals surface area contributed by atoms with E-state index in [-0.39, 0.29) is 5.91 Å². The van der Waals surface area contributed by atoms with Crippen molar-refractivity contribution in [3.05, 3.63) is 77.4 Å². The van der Waals surface area contributed by atoms with Crippen LogP contribution in [0.3, 0.4) is 0 Å². The molecule has 2 aromatic carbocycles. The van der Waals surface area contributed by atoms with Crippen molar-refractivity contribution in [2.24, 2.45) is 0 Å². The second kappa shape index (κ2) is 6.93. The van der Waals surface area contributed by atoms with E-state index in [4.69, 9.17) is 0 Å². The summed E-state index contributed by atoms with van der Waals surface area (Å²) in [5.74, 6) is -0.149. The number of anilines is 1. The monoisotopic (exact) mass is 360 g/mol. The zero-order valence-corrected chi connectivity index (χ0v) is 14.9. The lowest BCUT2D eigenvalue weighted by Crippen LogP contribution is -2.11. The van der Waals surface area contributed by atoms with E-state index in [0.29, 0.717) is 4.88 Å². The molecular formula is C20H16N4OS. The number of aryl methyl sites for hydroxylation is 1. The van der Waals surface area contributed by atoms with Gasteiger partial charge in [-0.1, -0.05) is 42.5 Å². The van der Waals surface area contributed by atoms with Crippen LogP contribution >= 0.6 is 11.3 Å². The Kier molecular flexibility index (Phi) is 4.33. The number of hydrogen-bond acceptors (Lipinski definition) is 4. The van der Waals surface area contributed by atoms with Crippen molar-refractivity contribution in [3.63, 3.8) is 0 Å². The molecule has 0 aliphatic rings. The van der Waals surface area contributed by atoms with Crippen LogP contribution in [0.2, 0.25) is 0 Å². The van der Waals surface area contributed by atoms with Gasteiger partial charge < -0.3 is 5.32 Å². The van der Waals surface area contributed by atoms with Crippen LogP contribution in [-0.4, -0.2) is 21.1 Å². The standard InChI is InChI=1S/C20H16N4OS/c1-13-18(26-20(22-13)14-6-3-2-4-7-14)19(25)23-16-9-5-8-15(12-16)17-10-11-21-24-17/h2-12H,1H3,(H,21,24)(H,23,25). The summed E-state index contributed by atoms with van der Waals surface area (Å²) in [6.07, 6.45) is 1.70. The van der Waals surface area contributed by atoms with Gasteiger partial charge in [0.1, 0.15) is 9.88 Å². The third-order valence-corrected chi connectivity index (χ3v) is 5.16. The molecule has 128 valence electrons. The third-order valence-electron chi connectivity index (χ3n) is 3.96. The van der Waals surface area contributed by atoms with E-state index in [9.17, 15) is 4.79 Å². The fraction of sp³-hybridized carbons (Fsp3) is 0.0500. The van der Waals surface area contributed by atoms with Crippen LogP contribution in [0.4, 0.5) is 5.69 Å². The Morgan fingerprint density at radius 1 is 1.04 bits per heavy atom. The zero-order chi connectivity index (χ0) is 17.9. The number of nitrogens with zero attached hydrogens (tertiary/aromatic N) is 2. The average molecular weight is 360 g/mol. The maximum atomic E-state index is 12.7. The summed E-state index contributed by atoms with van der Waals surface area (Å²) in [7, 11) is 0. The van der Waals surface area contributed by atoms with E-state index in [1.54, 1.807) is 6.20 Å². The normalized spacial score (nSPS) is 10.7. The summed E-state index contributed by atoms with van der Waals surface area (Å²) in [6.45, 7) is 1.86. The number of H-pyrrole nitrogens is 1. The first-order valence-corrected chi connectivity index (χ1v) is 8.96. The first kappa shape index (κ1) is 16.2. The number of rotatable bonds is 4. The van der Waals surface area contributed by atoms with Crippen LogP contribution in [0.15, 0.2) is 66.9 Å². The van der Waals surface area contributed by atoms with Gasteiger partial charge in [-0.15, -0.1) is 11.3 Å². The van der Waals surface area contributed by atoms with Gasteiger partial charge in [-0.25, -0.2) is 4.98 Å². The average Bonchev–Trinajstić information content (AvgIpc) is 3.32. The highest BCUT2D eigenvalue weighted by atomic mass is 32.1. The highest BCUT2D eigenvalue weighted by Gasteiger charge is 2.16. The molecule has 26 heavy (non-hydrogen) atoms. The van der Waals surface area contributed by atoms with Gasteiger partial charge >= 0.3 is 0 Å². The molecule has 0 spiro atoms. The Hall–Kier alpha value is -3.25. The second-order valence-electron chi connectivity index (χ2n) is 5.80. The number of carbonyl (C=O) groups is 1. The molecule has 0 aliphatic heterocycles. The van der Waals surface area contributed by atoms with E-state index in [2.05, 4.69) is 20.5 Å². The van der Waals surface area contributed by atoms with E-state index < -0.39 is 0 Å². The summed E-state index contributed by atoms with van der Waals surface area (Å²) in [5, 5.41) is 10.7. The van der Waals surface area contributed by atoms with Crippen molar-refractivity contribution in [2.45, 2.75) is 6.92 Å². The van der Waals surface area contributed by atoms with E-state index in [1.165, 1.54) is 11.3 Å². The Morgan fingerprint density at radius 3 is 2.62 bits per heavy atom. The van der Waals surface area contributed by atoms with E-state index in [0.717, 1.165) is 33.2 Å². The van der Waals surface area contributed by atoms with Gasteiger partial charge in [0.15, 0.2) is 0 Å². The van der Waals surface area contributed by atoms with Crippen molar-refractivity contribution < 1.29 is 4.79 Å². The Bertz CT molecular complexity index is 1040. The Labute approximate surface area is 154 Å². The van der Waals surface area contributed by atoms with Crippen LogP contribution in [0.25, 0.3) is 21.8 Å². The largest absolute Gasteiger partial charge is 0.321 e. The van der Waals surface area contributed by atoms with E-state index in [1.807, 2.05) is 67.6 Å². The van der Waals surface area contributed by atoms with Crippen LogP contribution in [0.1, 0.15) is 15.4 Å². The molecule has 0 atom stereocenters. The molecule has 0 saturated heterocycles. The van der Waals surface area contributed by atoms with Crippen molar-refractivity contribution in [1.82, 2.24) is 15.2 Å². The van der Waals surface area contributed by atoms with Crippen LogP contribution in [0, 0.1) is 6.92 Å². The van der Waals surface area contributed by atoms with Gasteiger partial charge in [0, 0.05) is 23.0 Å². The number of carbonyl (C=O) groups excluding carboxylic acids is 1. The highest BCUT2D eigenvalue weighted by molar-refractivity contribution is 7.17. The van der Waals surface area contributed by atoms with Crippen molar-refractivity contribution in [3.8, 4) is 21.8 Å². The number of hydrogen-bond donors (Lipinski definition) is 2. The minimum atomic E-state index is -0.149. The minimum absolute atomic E-state index is 0.149. The lowest BCUT2D eigenvalue weighted by Gasteiger charge is -2.06. The third kappa shape index (κ3) is 3.27. The molecule has 0 unspecified atom stereocenters. The minimum Gasteiger partial charge on any atom is -0.321 e. The van der Waals surface area contributed by atoms with Gasteiger partial charge in [-0.3, -0.25) is 9.89 Å². The summed E-state index contributed by atoms with van der Waals surface area (Å²) in [4.78, 5) is 17.9. The highest BCUT2D eigenvalue weighted by Crippen LogP contribution is 2.28. The van der Waals surface area contributed by atoms with Gasteiger partial charge in [0.25, 0.3) is 5.91 Å². The molecule has 0 saturated carbocycles. The summed E-state index contributed by atoms with van der Waals surface area (Å²) >= 11 is 1.40. The zero-order valence-electron chi connectivity index (χ0n) is 14.1. The molecule has 6 heteroatoms. The first-order chi connectivity index (χ1) is 12.7. The summed E-state index contributed by atoms with van der Waals surface area (Å²) in [5.41, 5.74) is 4.35. The fourth-order valence-electron chi connectivity index (χ4n) is 2.68. The molecule has 4 rings (SSSR count). The topological polar surface area (TPSA) is 70.7 Å². The van der Waals surface area contributed by atoms with Crippen molar-refractivity contribution in [1.29, 1.82) is 0 Å². The number of aromatic amines is 1. The smallest absolute Gasteiger partial charge is 0.267 e. The lowest BCUT2D eigenvalue weighted by atomic mass is 10.1. The number of aromatic nitrogens is 3. The molecule has 0 radical (unpaired) electrons. The van der Waals surface area contributed by atoms with Gasteiger partial charge in [0.05, 0.1) is 11.4 Å². The molecule has 0 bridgehead atoms. The summed E-state index contributed by atoms with van der Waals surface area (Å²) < 4.78 is 0. The molecule has 4 aromatic rings. The molecule has 2 N–H and O–H groups in total. The van der Waals surface area contributed by atoms with Crippen LogP contribution in [0.5, 0.6) is 0 Å². The quantitative estimate of drug-likeness (QED) is 0.551. The van der Waals surface area contributed by atoms with Gasteiger partial charge in [-0.2, -0.15) is 5.10 Å². The van der Waals surface area contributed by atoms with Gasteiger partial charge in [-0.05, 0) is 25.1 Å². The van der Waals surface area contributed by atoms with E-state index >= 15 is 0 Å². The van der Waals surface area contributed by atoms with Crippen LogP contribution < -0.4 is 5.32 Å². The molecule has 0 fully saturated rings. The first-order valence-electron chi connectivity index (χ1n) is 8.15. The molecule has 2 heterocycles. The maximum absolute atomic E-state index is 12.7. The molecule has 2 aromatic heterocycles. The van der Waals surface area contributed by atoms with Crippen molar-refractivity contribution in [2.75, 3.05) is 5.32 Å². The predicted molar refractivity (Wildman–Crippen MR) is 104 cm³/mol. The Morgan fingerprint density at radius 2 is 1.85 bits per heavy atom. The lowest BCUT2D eigenvalue weighted by molar-refractivity contribution is 0.103. The Balaban J connectivity index is 1.58. The maximum Gasteiger partial charge on any atom is 0.267 e. The molecule has 5 nitrogen and oxygen atoms in total. The SMILES string of the molecule is Cc1nc(-c2ccccc2)sc1C(=O)Nc1cccc(-c2ccn[nH]2)c1. The molecular weight excluding hydrogens is 344 g/mol. The van der Waals surface area contributed by atoms with Gasteiger partial charge in [0.2, 0.25) is 0 Å². The molecule has 1 amide bonds. The predicted octanol–water partition coefficient (Wildman–Crippen LogP) is 4.76. The number of nitrogens with one attached hydrogen (secondary N) is 2. The van der Waals surface area contributed by atoms with Crippen molar-refractivity contribution >= 4 is 22.9 Å². The number of thiazole rings is 1. The number of benzene rings is 2. The molecule has 0 aliphatic carbocycles. The number of amides is 1.